The van der Waals surface area contributed by atoms with Crippen LogP contribution in [-0.2, 0) is 11.3 Å². The summed E-state index contributed by atoms with van der Waals surface area (Å²) in [7, 11) is 6.52. The van der Waals surface area contributed by atoms with Gasteiger partial charge in [0.05, 0.1) is 28.4 Å². The topological polar surface area (TPSA) is 84.5 Å². The molecule has 2 heterocycles. The van der Waals surface area contributed by atoms with Crippen molar-refractivity contribution in [3.8, 4) is 23.0 Å². The monoisotopic (exact) mass is 470 g/mol. The molecular weight excluding hydrogens is 436 g/mol. The van der Waals surface area contributed by atoms with E-state index in [9.17, 15) is 4.79 Å². The first kappa shape index (κ1) is 24.1. The van der Waals surface area contributed by atoms with Gasteiger partial charge in [-0.1, -0.05) is 18.2 Å². The average molecular weight is 471 g/mol. The fourth-order valence-corrected chi connectivity index (χ4v) is 4.65. The van der Waals surface area contributed by atoms with Crippen molar-refractivity contribution in [1.29, 1.82) is 0 Å². The van der Waals surface area contributed by atoms with Crippen LogP contribution in [0.15, 0.2) is 36.4 Å². The number of nitrogens with zero attached hydrogens (tertiary/aromatic N) is 2. The number of piperazine rings is 1. The van der Waals surface area contributed by atoms with E-state index in [1.54, 1.807) is 28.4 Å². The third kappa shape index (κ3) is 5.06. The molecule has 2 N–H and O–H groups in total. The highest BCUT2D eigenvalue weighted by molar-refractivity contribution is 5.82. The molecule has 0 spiro atoms. The lowest BCUT2D eigenvalue weighted by Crippen LogP contribution is -2.53. The zero-order valence-corrected chi connectivity index (χ0v) is 20.3. The van der Waals surface area contributed by atoms with Crippen LogP contribution in [0.3, 0.4) is 0 Å². The van der Waals surface area contributed by atoms with Gasteiger partial charge in [-0.25, -0.2) is 10.9 Å². The van der Waals surface area contributed by atoms with Crippen LogP contribution in [-0.4, -0.2) is 76.4 Å². The first-order valence-corrected chi connectivity index (χ1v) is 11.5. The Kier molecular flexibility index (Phi) is 7.77. The minimum absolute atomic E-state index is 0.0960. The van der Waals surface area contributed by atoms with Gasteiger partial charge in [0, 0.05) is 44.3 Å². The third-order valence-electron chi connectivity index (χ3n) is 6.58. The number of hydrogen-bond donors (Lipinski definition) is 2. The number of hydrogen-bond acceptors (Lipinski definition) is 8. The van der Waals surface area contributed by atoms with E-state index >= 15 is 0 Å². The maximum Gasteiger partial charge on any atom is 0.241 e. The molecule has 9 heteroatoms. The van der Waals surface area contributed by atoms with Crippen molar-refractivity contribution < 1.29 is 23.7 Å². The van der Waals surface area contributed by atoms with Gasteiger partial charge in [-0.2, -0.15) is 0 Å². The van der Waals surface area contributed by atoms with Crippen molar-refractivity contribution in [2.75, 3.05) is 54.6 Å². The number of amides is 1. The summed E-state index contributed by atoms with van der Waals surface area (Å²) < 4.78 is 21.7. The van der Waals surface area contributed by atoms with Gasteiger partial charge in [0.2, 0.25) is 11.7 Å². The largest absolute Gasteiger partial charge is 0.497 e. The van der Waals surface area contributed by atoms with E-state index in [1.165, 1.54) is 0 Å². The molecule has 0 aliphatic carbocycles. The normalized spacial score (nSPS) is 20.8. The average Bonchev–Trinajstić information content (AvgIpc) is 3.38. The van der Waals surface area contributed by atoms with Crippen molar-refractivity contribution in [1.82, 2.24) is 20.7 Å². The molecule has 2 atom stereocenters. The van der Waals surface area contributed by atoms with Crippen LogP contribution in [0, 0.1) is 0 Å². The van der Waals surface area contributed by atoms with Crippen LogP contribution >= 0.6 is 0 Å². The molecule has 1 amide bonds. The molecule has 34 heavy (non-hydrogen) atoms. The fraction of sp³-hybridized carbons (Fsp3) is 0.480. The minimum atomic E-state index is -0.232. The zero-order valence-electron chi connectivity index (χ0n) is 20.3. The predicted octanol–water partition coefficient (Wildman–Crippen LogP) is 1.97. The SMILES string of the molecule is COc1ccc(C2CC(C(=O)N3CCN(Cc4ccc(OC)c(OC)c4OC)CC3)NN2)cc1. The summed E-state index contributed by atoms with van der Waals surface area (Å²) >= 11 is 0. The lowest BCUT2D eigenvalue weighted by Gasteiger charge is -2.36. The van der Waals surface area contributed by atoms with Crippen molar-refractivity contribution in [3.05, 3.63) is 47.5 Å². The molecule has 2 aromatic rings. The van der Waals surface area contributed by atoms with Gasteiger partial charge in [0.15, 0.2) is 11.5 Å². The molecular formula is C25H34N4O5. The number of ether oxygens (including phenoxy) is 4. The van der Waals surface area contributed by atoms with E-state index in [0.717, 1.165) is 30.0 Å². The quantitative estimate of drug-likeness (QED) is 0.606. The van der Waals surface area contributed by atoms with Gasteiger partial charge < -0.3 is 23.8 Å². The van der Waals surface area contributed by atoms with Gasteiger partial charge >= 0.3 is 0 Å². The molecule has 9 nitrogen and oxygen atoms in total. The number of nitrogens with one attached hydrogen (secondary N) is 2. The Morgan fingerprint density at radius 2 is 1.56 bits per heavy atom. The van der Waals surface area contributed by atoms with Crippen LogP contribution in [0.4, 0.5) is 0 Å². The smallest absolute Gasteiger partial charge is 0.241 e. The Morgan fingerprint density at radius 1 is 0.853 bits per heavy atom. The molecule has 0 aromatic heterocycles. The van der Waals surface area contributed by atoms with Gasteiger partial charge in [-0.05, 0) is 30.2 Å². The Labute approximate surface area is 200 Å². The first-order chi connectivity index (χ1) is 16.6. The Morgan fingerprint density at radius 3 is 2.18 bits per heavy atom. The van der Waals surface area contributed by atoms with E-state index in [1.807, 2.05) is 41.3 Å². The highest BCUT2D eigenvalue weighted by Gasteiger charge is 2.34. The number of rotatable bonds is 8. The highest BCUT2D eigenvalue weighted by atomic mass is 16.5. The van der Waals surface area contributed by atoms with E-state index in [-0.39, 0.29) is 18.0 Å². The molecule has 184 valence electrons. The molecule has 2 aliphatic rings. The number of carbonyl (C=O) groups excluding carboxylic acids is 1. The second kappa shape index (κ2) is 10.9. The van der Waals surface area contributed by atoms with E-state index in [0.29, 0.717) is 43.3 Å². The lowest BCUT2D eigenvalue weighted by molar-refractivity contribution is -0.135. The summed E-state index contributed by atoms with van der Waals surface area (Å²) in [4.78, 5) is 17.4. The van der Waals surface area contributed by atoms with Crippen molar-refractivity contribution >= 4 is 5.91 Å². The maximum absolute atomic E-state index is 13.1. The molecule has 2 aliphatic heterocycles. The molecule has 0 bridgehead atoms. The van der Waals surface area contributed by atoms with E-state index in [2.05, 4.69) is 15.8 Å². The van der Waals surface area contributed by atoms with Crippen LogP contribution < -0.4 is 29.8 Å². The Bertz CT molecular complexity index is 976. The number of carbonyl (C=O) groups is 1. The summed E-state index contributed by atoms with van der Waals surface area (Å²) in [6.07, 6.45) is 0.716. The predicted molar refractivity (Wildman–Crippen MR) is 128 cm³/mol. The van der Waals surface area contributed by atoms with Gasteiger partial charge in [0.25, 0.3) is 0 Å². The van der Waals surface area contributed by atoms with Crippen molar-refractivity contribution in [3.63, 3.8) is 0 Å². The number of hydrazine groups is 1. The van der Waals surface area contributed by atoms with Gasteiger partial charge in [-0.3, -0.25) is 9.69 Å². The second-order valence-electron chi connectivity index (χ2n) is 8.50. The summed E-state index contributed by atoms with van der Waals surface area (Å²) in [5.74, 6) is 2.90. The van der Waals surface area contributed by atoms with Crippen LogP contribution in [0.5, 0.6) is 23.0 Å². The summed E-state index contributed by atoms with van der Waals surface area (Å²) in [5.41, 5.74) is 8.63. The first-order valence-electron chi connectivity index (χ1n) is 11.5. The van der Waals surface area contributed by atoms with Gasteiger partial charge in [0.1, 0.15) is 11.8 Å². The summed E-state index contributed by atoms with van der Waals surface area (Å²) in [6, 6.07) is 11.7. The third-order valence-corrected chi connectivity index (χ3v) is 6.58. The molecule has 0 radical (unpaired) electrons. The van der Waals surface area contributed by atoms with Crippen LogP contribution in [0.25, 0.3) is 0 Å². The molecule has 0 saturated carbocycles. The lowest BCUT2D eigenvalue weighted by atomic mass is 10.0. The second-order valence-corrected chi connectivity index (χ2v) is 8.50. The van der Waals surface area contributed by atoms with Gasteiger partial charge in [-0.15, -0.1) is 0 Å². The van der Waals surface area contributed by atoms with Crippen molar-refractivity contribution in [2.45, 2.75) is 25.0 Å². The van der Waals surface area contributed by atoms with Crippen molar-refractivity contribution in [2.24, 2.45) is 0 Å². The fourth-order valence-electron chi connectivity index (χ4n) is 4.65. The molecule has 2 unspecified atom stereocenters. The van der Waals surface area contributed by atoms with Crippen LogP contribution in [0.1, 0.15) is 23.6 Å². The van der Waals surface area contributed by atoms with E-state index in [4.69, 9.17) is 18.9 Å². The maximum atomic E-state index is 13.1. The molecule has 2 fully saturated rings. The number of benzene rings is 2. The Balaban J connectivity index is 1.31. The molecule has 4 rings (SSSR count). The Hall–Kier alpha value is -3.01. The van der Waals surface area contributed by atoms with Crippen LogP contribution in [0.2, 0.25) is 0 Å². The summed E-state index contributed by atoms with van der Waals surface area (Å²) in [5, 5.41) is 0. The van der Waals surface area contributed by atoms with E-state index < -0.39 is 0 Å². The number of methoxy groups -OCH3 is 4. The minimum Gasteiger partial charge on any atom is -0.497 e. The molecule has 2 saturated heterocycles. The zero-order chi connectivity index (χ0) is 24.1. The summed E-state index contributed by atoms with van der Waals surface area (Å²) in [6.45, 7) is 3.70. The standard InChI is InChI=1S/C25H34N4O5/c1-31-19-8-5-17(6-9-19)20-15-21(27-26-20)25(30)29-13-11-28(12-14-29)16-18-7-10-22(32-2)24(34-4)23(18)33-3/h5-10,20-21,26-27H,11-16H2,1-4H3. The molecule has 2 aromatic carbocycles. The highest BCUT2D eigenvalue weighted by Crippen LogP contribution is 2.40.